The van der Waals surface area contributed by atoms with Gasteiger partial charge in [-0.3, -0.25) is 4.79 Å². The number of carbonyl (C=O) groups is 1. The molecule has 0 unspecified atom stereocenters. The van der Waals surface area contributed by atoms with E-state index in [0.717, 1.165) is 0 Å². The highest BCUT2D eigenvalue weighted by molar-refractivity contribution is 6.33. The Morgan fingerprint density at radius 3 is 2.52 bits per heavy atom. The normalized spacial score (nSPS) is 10.8. The molecule has 140 valence electrons. The second-order valence-electron chi connectivity index (χ2n) is 6.20. The molecule has 0 saturated heterocycles. The molecule has 2 aromatic carbocycles. The molecule has 0 radical (unpaired) electrons. The summed E-state index contributed by atoms with van der Waals surface area (Å²) in [5, 5.41) is 8.62. The van der Waals surface area contributed by atoms with E-state index in [0.29, 0.717) is 28.1 Å². The molecule has 0 bridgehead atoms. The lowest BCUT2D eigenvalue weighted by Crippen LogP contribution is -2.39. The standard InChI is InChI=1S/C20H20ClN3O3/c1-14(2)24(19(25)13-26-15-8-4-3-5-9-15)12-18-22-23-20(27-18)16-10-6-7-11-17(16)21/h3-11,14H,12-13H2,1-2H3. The summed E-state index contributed by atoms with van der Waals surface area (Å²) < 4.78 is 11.3. The van der Waals surface area contributed by atoms with E-state index in [1.807, 2.05) is 44.2 Å². The van der Waals surface area contributed by atoms with Crippen LogP contribution in [0.15, 0.2) is 59.0 Å². The summed E-state index contributed by atoms with van der Waals surface area (Å²) in [5.74, 6) is 1.15. The van der Waals surface area contributed by atoms with Crippen molar-refractivity contribution in [1.29, 1.82) is 0 Å². The van der Waals surface area contributed by atoms with Gasteiger partial charge in [-0.05, 0) is 38.1 Å². The first kappa shape index (κ1) is 18.9. The molecule has 0 spiro atoms. The second-order valence-corrected chi connectivity index (χ2v) is 6.61. The Balaban J connectivity index is 1.68. The lowest BCUT2D eigenvalue weighted by molar-refractivity contribution is -0.136. The Hall–Kier alpha value is -2.86. The van der Waals surface area contributed by atoms with E-state index in [1.165, 1.54) is 0 Å². The third-order valence-corrected chi connectivity index (χ3v) is 4.26. The molecular formula is C20H20ClN3O3. The smallest absolute Gasteiger partial charge is 0.261 e. The lowest BCUT2D eigenvalue weighted by Gasteiger charge is -2.25. The second kappa shape index (κ2) is 8.68. The van der Waals surface area contributed by atoms with Gasteiger partial charge < -0.3 is 14.1 Å². The minimum atomic E-state index is -0.161. The third kappa shape index (κ3) is 4.86. The quantitative estimate of drug-likeness (QED) is 0.609. The number of hydrogen-bond donors (Lipinski definition) is 0. The SMILES string of the molecule is CC(C)N(Cc1nnc(-c2ccccc2Cl)o1)C(=O)COc1ccccc1. The highest BCUT2D eigenvalue weighted by Crippen LogP contribution is 2.26. The van der Waals surface area contributed by atoms with Crippen molar-refractivity contribution in [2.24, 2.45) is 0 Å². The fraction of sp³-hybridized carbons (Fsp3) is 0.250. The van der Waals surface area contributed by atoms with Crippen LogP contribution in [0.3, 0.4) is 0 Å². The van der Waals surface area contributed by atoms with Crippen molar-refractivity contribution in [2.75, 3.05) is 6.61 Å². The number of rotatable bonds is 7. The van der Waals surface area contributed by atoms with Crippen LogP contribution in [0.5, 0.6) is 5.75 Å². The van der Waals surface area contributed by atoms with Crippen molar-refractivity contribution < 1.29 is 13.9 Å². The number of carbonyl (C=O) groups excluding carboxylic acids is 1. The van der Waals surface area contributed by atoms with Gasteiger partial charge in [0.25, 0.3) is 5.91 Å². The Morgan fingerprint density at radius 1 is 1.11 bits per heavy atom. The number of nitrogens with zero attached hydrogens (tertiary/aromatic N) is 3. The molecular weight excluding hydrogens is 366 g/mol. The highest BCUT2D eigenvalue weighted by Gasteiger charge is 2.21. The number of para-hydroxylation sites is 1. The van der Waals surface area contributed by atoms with Gasteiger partial charge in [-0.15, -0.1) is 10.2 Å². The average Bonchev–Trinajstić information content (AvgIpc) is 3.13. The van der Waals surface area contributed by atoms with E-state index < -0.39 is 0 Å². The molecule has 3 rings (SSSR count). The molecule has 0 saturated carbocycles. The summed E-state index contributed by atoms with van der Waals surface area (Å²) >= 11 is 6.17. The molecule has 0 atom stereocenters. The van der Waals surface area contributed by atoms with Crippen LogP contribution in [-0.2, 0) is 11.3 Å². The van der Waals surface area contributed by atoms with Crippen LogP contribution in [0.25, 0.3) is 11.5 Å². The van der Waals surface area contributed by atoms with E-state index in [9.17, 15) is 4.79 Å². The topological polar surface area (TPSA) is 68.5 Å². The molecule has 1 heterocycles. The van der Waals surface area contributed by atoms with Crippen LogP contribution in [0.4, 0.5) is 0 Å². The monoisotopic (exact) mass is 385 g/mol. The maximum atomic E-state index is 12.6. The van der Waals surface area contributed by atoms with Crippen LogP contribution in [0.2, 0.25) is 5.02 Å². The Morgan fingerprint density at radius 2 is 1.81 bits per heavy atom. The molecule has 3 aromatic rings. The van der Waals surface area contributed by atoms with Crippen molar-refractivity contribution in [3.05, 3.63) is 65.5 Å². The molecule has 0 aliphatic carbocycles. The van der Waals surface area contributed by atoms with Crippen molar-refractivity contribution in [2.45, 2.75) is 26.4 Å². The van der Waals surface area contributed by atoms with Crippen molar-refractivity contribution in [1.82, 2.24) is 15.1 Å². The molecule has 27 heavy (non-hydrogen) atoms. The summed E-state index contributed by atoms with van der Waals surface area (Å²) in [6.07, 6.45) is 0. The fourth-order valence-corrected chi connectivity index (χ4v) is 2.73. The predicted molar refractivity (Wildman–Crippen MR) is 102 cm³/mol. The Bertz CT molecular complexity index is 896. The first-order valence-electron chi connectivity index (χ1n) is 8.59. The van der Waals surface area contributed by atoms with E-state index in [1.54, 1.807) is 29.2 Å². The van der Waals surface area contributed by atoms with E-state index >= 15 is 0 Å². The minimum Gasteiger partial charge on any atom is -0.484 e. The van der Waals surface area contributed by atoms with Gasteiger partial charge in [-0.1, -0.05) is 41.9 Å². The highest BCUT2D eigenvalue weighted by atomic mass is 35.5. The number of aromatic nitrogens is 2. The van der Waals surface area contributed by atoms with Gasteiger partial charge in [0.15, 0.2) is 6.61 Å². The molecule has 0 N–H and O–H groups in total. The minimum absolute atomic E-state index is 0.0486. The maximum Gasteiger partial charge on any atom is 0.261 e. The first-order chi connectivity index (χ1) is 13.0. The van der Waals surface area contributed by atoms with Crippen molar-refractivity contribution in [3.63, 3.8) is 0 Å². The largest absolute Gasteiger partial charge is 0.484 e. The Labute approximate surface area is 162 Å². The van der Waals surface area contributed by atoms with Gasteiger partial charge in [0.05, 0.1) is 17.1 Å². The summed E-state index contributed by atoms with van der Waals surface area (Å²) in [5.41, 5.74) is 0.660. The van der Waals surface area contributed by atoms with E-state index in [-0.39, 0.29) is 25.1 Å². The Kier molecular flexibility index (Phi) is 6.08. The zero-order chi connectivity index (χ0) is 19.2. The zero-order valence-corrected chi connectivity index (χ0v) is 15.9. The zero-order valence-electron chi connectivity index (χ0n) is 15.1. The fourth-order valence-electron chi connectivity index (χ4n) is 2.51. The van der Waals surface area contributed by atoms with Gasteiger partial charge in [-0.2, -0.15) is 0 Å². The number of hydrogen-bond acceptors (Lipinski definition) is 5. The van der Waals surface area contributed by atoms with Crippen molar-refractivity contribution in [3.8, 4) is 17.2 Å². The first-order valence-corrected chi connectivity index (χ1v) is 8.97. The molecule has 6 nitrogen and oxygen atoms in total. The summed E-state index contributed by atoms with van der Waals surface area (Å²) in [6, 6.07) is 16.4. The van der Waals surface area contributed by atoms with Gasteiger partial charge >= 0.3 is 0 Å². The number of amides is 1. The van der Waals surface area contributed by atoms with Gasteiger partial charge in [0, 0.05) is 6.04 Å². The molecule has 0 aliphatic rings. The van der Waals surface area contributed by atoms with E-state index in [2.05, 4.69) is 10.2 Å². The molecule has 0 fully saturated rings. The lowest BCUT2D eigenvalue weighted by atomic mass is 10.2. The van der Waals surface area contributed by atoms with Crippen LogP contribution < -0.4 is 4.74 Å². The molecule has 1 aromatic heterocycles. The van der Waals surface area contributed by atoms with Crippen LogP contribution >= 0.6 is 11.6 Å². The van der Waals surface area contributed by atoms with E-state index in [4.69, 9.17) is 20.8 Å². The number of benzene rings is 2. The molecule has 1 amide bonds. The van der Waals surface area contributed by atoms with Gasteiger partial charge in [0.1, 0.15) is 5.75 Å². The summed E-state index contributed by atoms with van der Waals surface area (Å²) in [4.78, 5) is 14.2. The summed E-state index contributed by atoms with van der Waals surface area (Å²) in [7, 11) is 0. The van der Waals surface area contributed by atoms with Gasteiger partial charge in [0.2, 0.25) is 11.8 Å². The number of halogens is 1. The number of ether oxygens (including phenoxy) is 1. The predicted octanol–water partition coefficient (Wildman–Crippen LogP) is 4.21. The van der Waals surface area contributed by atoms with Crippen LogP contribution in [0.1, 0.15) is 19.7 Å². The summed E-state index contributed by atoms with van der Waals surface area (Å²) in [6.45, 7) is 3.98. The average molecular weight is 386 g/mol. The molecule has 7 heteroatoms. The van der Waals surface area contributed by atoms with Crippen LogP contribution in [0, 0.1) is 0 Å². The maximum absolute atomic E-state index is 12.6. The van der Waals surface area contributed by atoms with Crippen LogP contribution in [-0.4, -0.2) is 33.7 Å². The van der Waals surface area contributed by atoms with Crippen molar-refractivity contribution >= 4 is 17.5 Å². The van der Waals surface area contributed by atoms with Gasteiger partial charge in [-0.25, -0.2) is 0 Å². The molecule has 0 aliphatic heterocycles. The third-order valence-electron chi connectivity index (χ3n) is 3.93.